The number of piperazine rings is 1. The molecule has 0 radical (unpaired) electrons. The average molecular weight is 210 g/mol. The topological polar surface area (TPSA) is 65.0 Å². The third-order valence-electron chi connectivity index (χ3n) is 2.60. The number of rotatable bonds is 1. The highest BCUT2D eigenvalue weighted by atomic mass is 16.2. The molecule has 2 amide bonds. The molecule has 0 unspecified atom stereocenters. The molecule has 0 aliphatic carbocycles. The van der Waals surface area contributed by atoms with Crippen molar-refractivity contribution in [3.8, 4) is 0 Å². The molecule has 1 N–H and O–H groups in total. The third-order valence-corrected chi connectivity index (χ3v) is 2.60. The molecule has 0 aromatic carbocycles. The molecule has 15 heavy (non-hydrogen) atoms. The predicted octanol–water partition coefficient (Wildman–Crippen LogP) is -1.36. The van der Waals surface area contributed by atoms with Gasteiger partial charge in [-0.05, 0) is 0 Å². The smallest absolute Gasteiger partial charge is 0.270 e. The van der Waals surface area contributed by atoms with Gasteiger partial charge in [-0.3, -0.25) is 9.59 Å². The lowest BCUT2D eigenvalue weighted by atomic mass is 10.2. The van der Waals surface area contributed by atoms with E-state index in [1.807, 2.05) is 0 Å². The number of carbonyl (C=O) groups excluding carboxylic acids is 2. The molecule has 6 heteroatoms. The fourth-order valence-electron chi connectivity index (χ4n) is 1.70. The van der Waals surface area contributed by atoms with Crippen LogP contribution in [0.2, 0.25) is 0 Å². The SMILES string of the molecule is CN1N=C(C(=O)N2CCNCC2)CC1=O. The van der Waals surface area contributed by atoms with Crippen LogP contribution in [0.5, 0.6) is 0 Å². The lowest BCUT2D eigenvalue weighted by Gasteiger charge is -2.26. The summed E-state index contributed by atoms with van der Waals surface area (Å²) in [7, 11) is 1.57. The van der Waals surface area contributed by atoms with E-state index in [0.29, 0.717) is 18.8 Å². The molecule has 0 aromatic heterocycles. The van der Waals surface area contributed by atoms with E-state index >= 15 is 0 Å². The van der Waals surface area contributed by atoms with Crippen LogP contribution in [-0.4, -0.2) is 60.7 Å². The van der Waals surface area contributed by atoms with Crippen LogP contribution in [0, 0.1) is 0 Å². The Morgan fingerprint density at radius 1 is 1.40 bits per heavy atom. The molecule has 0 aromatic rings. The van der Waals surface area contributed by atoms with Crippen LogP contribution >= 0.6 is 0 Å². The highest BCUT2D eigenvalue weighted by Crippen LogP contribution is 2.08. The summed E-state index contributed by atoms with van der Waals surface area (Å²) < 4.78 is 0. The standard InChI is InChI=1S/C9H14N4O2/c1-12-8(14)6-7(11-12)9(15)13-4-2-10-3-5-13/h10H,2-6H2,1H3. The van der Waals surface area contributed by atoms with E-state index < -0.39 is 0 Å². The van der Waals surface area contributed by atoms with E-state index in [2.05, 4.69) is 10.4 Å². The van der Waals surface area contributed by atoms with E-state index in [9.17, 15) is 9.59 Å². The van der Waals surface area contributed by atoms with Crippen molar-refractivity contribution in [2.24, 2.45) is 5.10 Å². The monoisotopic (exact) mass is 210 g/mol. The Hall–Kier alpha value is -1.43. The van der Waals surface area contributed by atoms with E-state index in [4.69, 9.17) is 0 Å². The van der Waals surface area contributed by atoms with Gasteiger partial charge >= 0.3 is 0 Å². The summed E-state index contributed by atoms with van der Waals surface area (Å²) in [5.41, 5.74) is 0.365. The van der Waals surface area contributed by atoms with Gasteiger partial charge < -0.3 is 10.2 Å². The Kier molecular flexibility index (Phi) is 2.68. The highest BCUT2D eigenvalue weighted by molar-refractivity contribution is 6.43. The Morgan fingerprint density at radius 3 is 2.60 bits per heavy atom. The molecule has 1 fully saturated rings. The normalized spacial score (nSPS) is 21.9. The maximum atomic E-state index is 11.9. The lowest BCUT2D eigenvalue weighted by molar-refractivity contribution is -0.128. The summed E-state index contributed by atoms with van der Waals surface area (Å²) in [5.74, 6) is -0.220. The Labute approximate surface area is 87.9 Å². The first-order chi connectivity index (χ1) is 7.18. The van der Waals surface area contributed by atoms with Crippen LogP contribution in [0.15, 0.2) is 5.10 Å². The van der Waals surface area contributed by atoms with Gasteiger partial charge in [0, 0.05) is 33.2 Å². The van der Waals surface area contributed by atoms with Crippen molar-refractivity contribution in [1.29, 1.82) is 0 Å². The van der Waals surface area contributed by atoms with Crippen LogP contribution in [-0.2, 0) is 9.59 Å². The maximum Gasteiger partial charge on any atom is 0.270 e. The molecule has 0 saturated carbocycles. The summed E-state index contributed by atoms with van der Waals surface area (Å²) in [6, 6.07) is 0. The predicted molar refractivity (Wildman–Crippen MR) is 54.3 cm³/mol. The van der Waals surface area contributed by atoms with Crippen molar-refractivity contribution in [1.82, 2.24) is 15.2 Å². The Morgan fingerprint density at radius 2 is 2.07 bits per heavy atom. The van der Waals surface area contributed by atoms with E-state index in [0.717, 1.165) is 13.1 Å². The number of nitrogens with zero attached hydrogens (tertiary/aromatic N) is 3. The first-order valence-electron chi connectivity index (χ1n) is 5.02. The number of carbonyl (C=O) groups is 2. The van der Waals surface area contributed by atoms with Crippen LogP contribution < -0.4 is 5.32 Å². The molecular formula is C9H14N4O2. The van der Waals surface area contributed by atoms with Gasteiger partial charge in [0.05, 0.1) is 6.42 Å². The number of nitrogens with one attached hydrogen (secondary N) is 1. The van der Waals surface area contributed by atoms with Crippen molar-refractivity contribution in [3.63, 3.8) is 0 Å². The summed E-state index contributed by atoms with van der Waals surface area (Å²) in [4.78, 5) is 24.8. The molecule has 1 saturated heterocycles. The molecule has 6 nitrogen and oxygen atoms in total. The molecule has 0 atom stereocenters. The molecule has 2 rings (SSSR count). The van der Waals surface area contributed by atoms with Crippen LogP contribution in [0.3, 0.4) is 0 Å². The summed E-state index contributed by atoms with van der Waals surface area (Å²) >= 11 is 0. The molecule has 82 valence electrons. The molecular weight excluding hydrogens is 196 g/mol. The van der Waals surface area contributed by atoms with Crippen molar-refractivity contribution < 1.29 is 9.59 Å². The maximum absolute atomic E-state index is 11.9. The summed E-state index contributed by atoms with van der Waals surface area (Å²) in [5, 5.41) is 8.33. The molecule has 2 heterocycles. The average Bonchev–Trinajstić information content (AvgIpc) is 2.59. The van der Waals surface area contributed by atoms with Crippen molar-refractivity contribution in [3.05, 3.63) is 0 Å². The highest BCUT2D eigenvalue weighted by Gasteiger charge is 2.29. The third kappa shape index (κ3) is 1.99. The Bertz CT molecular complexity index is 320. The number of hydrazone groups is 1. The number of amides is 2. The first kappa shape index (κ1) is 10.1. The second-order valence-corrected chi connectivity index (χ2v) is 3.68. The summed E-state index contributed by atoms with van der Waals surface area (Å²) in [6.07, 6.45) is 0.138. The molecule has 2 aliphatic heterocycles. The van der Waals surface area contributed by atoms with Crippen LogP contribution in [0.4, 0.5) is 0 Å². The van der Waals surface area contributed by atoms with Gasteiger partial charge in [-0.15, -0.1) is 0 Å². The van der Waals surface area contributed by atoms with Gasteiger partial charge in [-0.2, -0.15) is 5.10 Å². The summed E-state index contributed by atoms with van der Waals surface area (Å²) in [6.45, 7) is 3.00. The zero-order chi connectivity index (χ0) is 10.8. The lowest BCUT2D eigenvalue weighted by Crippen LogP contribution is -2.48. The van der Waals surface area contributed by atoms with Gasteiger partial charge in [0.25, 0.3) is 5.91 Å². The van der Waals surface area contributed by atoms with Gasteiger partial charge in [-0.25, -0.2) is 5.01 Å². The van der Waals surface area contributed by atoms with E-state index in [1.165, 1.54) is 5.01 Å². The molecule has 0 bridgehead atoms. The van der Waals surface area contributed by atoms with E-state index in [-0.39, 0.29) is 18.2 Å². The fraction of sp³-hybridized carbons (Fsp3) is 0.667. The van der Waals surface area contributed by atoms with Gasteiger partial charge in [-0.1, -0.05) is 0 Å². The largest absolute Gasteiger partial charge is 0.335 e. The van der Waals surface area contributed by atoms with Crippen molar-refractivity contribution in [2.45, 2.75) is 6.42 Å². The minimum absolute atomic E-state index is 0.103. The Balaban J connectivity index is 2.02. The van der Waals surface area contributed by atoms with Gasteiger partial charge in [0.15, 0.2) is 0 Å². The van der Waals surface area contributed by atoms with E-state index in [1.54, 1.807) is 11.9 Å². The zero-order valence-electron chi connectivity index (χ0n) is 8.69. The second-order valence-electron chi connectivity index (χ2n) is 3.68. The second kappa shape index (κ2) is 3.98. The van der Waals surface area contributed by atoms with Crippen LogP contribution in [0.1, 0.15) is 6.42 Å². The zero-order valence-corrected chi connectivity index (χ0v) is 8.69. The minimum Gasteiger partial charge on any atom is -0.335 e. The number of hydrogen-bond acceptors (Lipinski definition) is 4. The molecule has 2 aliphatic rings. The quantitative estimate of drug-likeness (QED) is 0.581. The fourth-order valence-corrected chi connectivity index (χ4v) is 1.70. The first-order valence-corrected chi connectivity index (χ1v) is 5.02. The molecule has 0 spiro atoms. The van der Waals surface area contributed by atoms with Gasteiger partial charge in [0.1, 0.15) is 5.71 Å². The van der Waals surface area contributed by atoms with Crippen molar-refractivity contribution >= 4 is 17.5 Å². The van der Waals surface area contributed by atoms with Gasteiger partial charge in [0.2, 0.25) is 5.91 Å². The number of hydrogen-bond donors (Lipinski definition) is 1. The minimum atomic E-state index is -0.117. The van der Waals surface area contributed by atoms with Crippen molar-refractivity contribution in [2.75, 3.05) is 33.2 Å². The van der Waals surface area contributed by atoms with Crippen LogP contribution in [0.25, 0.3) is 0 Å².